The second-order valence-electron chi connectivity index (χ2n) is 4.02. The number of rotatable bonds is 6. The molecule has 4 heteroatoms. The molecule has 0 aromatic heterocycles. The number of ketones is 1. The molecule has 0 radical (unpaired) electrons. The molecule has 0 aliphatic carbocycles. The fourth-order valence-electron chi connectivity index (χ4n) is 1.34. The monoisotopic (exact) mass is 258 g/mol. The third-order valence-corrected chi connectivity index (χ3v) is 3.82. The fourth-order valence-corrected chi connectivity index (χ4v) is 2.15. The molecule has 0 spiro atoms. The largest absolute Gasteiger partial charge is 0.298 e. The Labute approximate surface area is 105 Å². The van der Waals surface area contributed by atoms with Crippen LogP contribution in [0, 0.1) is 11.6 Å². The fraction of sp³-hybridized carbons (Fsp3) is 0.462. The number of hydrogen-bond donors (Lipinski definition) is 0. The lowest BCUT2D eigenvalue weighted by Crippen LogP contribution is -2.09. The summed E-state index contributed by atoms with van der Waals surface area (Å²) in [5.41, 5.74) is 0.400. The zero-order chi connectivity index (χ0) is 12.8. The summed E-state index contributed by atoms with van der Waals surface area (Å²) in [5, 5.41) is 0.434. The van der Waals surface area contributed by atoms with E-state index in [2.05, 4.69) is 13.8 Å². The molecule has 0 bridgehead atoms. The van der Waals surface area contributed by atoms with Crippen LogP contribution in [0.4, 0.5) is 8.78 Å². The molecule has 0 amide bonds. The maximum atomic E-state index is 12.9. The zero-order valence-corrected chi connectivity index (χ0v) is 10.8. The number of thioether (sulfide) groups is 1. The first-order valence-corrected chi connectivity index (χ1v) is 6.64. The van der Waals surface area contributed by atoms with Gasteiger partial charge in [-0.25, -0.2) is 8.78 Å². The number of hydrogen-bond acceptors (Lipinski definition) is 2. The Morgan fingerprint density at radius 1 is 1.29 bits per heavy atom. The minimum atomic E-state index is -0.637. The molecule has 17 heavy (non-hydrogen) atoms. The van der Waals surface area contributed by atoms with Gasteiger partial charge in [-0.3, -0.25) is 4.79 Å². The van der Waals surface area contributed by atoms with E-state index in [-0.39, 0.29) is 12.2 Å². The summed E-state index contributed by atoms with van der Waals surface area (Å²) in [5.74, 6) is -0.877. The van der Waals surface area contributed by atoms with E-state index < -0.39 is 11.6 Å². The topological polar surface area (TPSA) is 17.1 Å². The molecule has 94 valence electrons. The van der Waals surface area contributed by atoms with Gasteiger partial charge in [0.1, 0.15) is 17.4 Å². The highest BCUT2D eigenvalue weighted by molar-refractivity contribution is 8.00. The Balaban J connectivity index is 2.50. The van der Waals surface area contributed by atoms with E-state index in [0.29, 0.717) is 16.6 Å². The molecule has 0 aliphatic heterocycles. The predicted octanol–water partition coefficient (Wildman–Crippen LogP) is 3.61. The Bertz CT molecular complexity index is 373. The lowest BCUT2D eigenvalue weighted by molar-refractivity contribution is -0.116. The molecule has 0 aliphatic rings. The van der Waals surface area contributed by atoms with Crippen molar-refractivity contribution in [1.29, 1.82) is 0 Å². The van der Waals surface area contributed by atoms with Crippen LogP contribution in [0.2, 0.25) is 0 Å². The molecule has 1 rings (SSSR count). The normalized spacial score (nSPS) is 12.5. The molecular weight excluding hydrogens is 242 g/mol. The van der Waals surface area contributed by atoms with Crippen LogP contribution in [0.5, 0.6) is 0 Å². The summed E-state index contributed by atoms with van der Waals surface area (Å²) in [6.45, 7) is 4.11. The molecule has 0 saturated heterocycles. The standard InChI is InChI=1S/C13H16F2OS/c1-3-9(2)17-8-13(16)6-10-4-11(14)7-12(15)5-10/h4-5,7,9H,3,6,8H2,1-2H3. The Kier molecular flexibility index (Phi) is 5.62. The summed E-state index contributed by atoms with van der Waals surface area (Å²) in [4.78, 5) is 11.6. The van der Waals surface area contributed by atoms with Gasteiger partial charge in [0.15, 0.2) is 0 Å². The van der Waals surface area contributed by atoms with Crippen LogP contribution in [-0.2, 0) is 11.2 Å². The van der Waals surface area contributed by atoms with Crippen molar-refractivity contribution in [1.82, 2.24) is 0 Å². The van der Waals surface area contributed by atoms with Gasteiger partial charge in [0.25, 0.3) is 0 Å². The van der Waals surface area contributed by atoms with Gasteiger partial charge in [-0.15, -0.1) is 0 Å². The van der Waals surface area contributed by atoms with Crippen molar-refractivity contribution in [2.75, 3.05) is 5.75 Å². The predicted molar refractivity (Wildman–Crippen MR) is 67.3 cm³/mol. The van der Waals surface area contributed by atoms with Crippen molar-refractivity contribution in [3.8, 4) is 0 Å². The van der Waals surface area contributed by atoms with Gasteiger partial charge in [-0.2, -0.15) is 11.8 Å². The van der Waals surface area contributed by atoms with Gasteiger partial charge in [-0.05, 0) is 24.1 Å². The summed E-state index contributed by atoms with van der Waals surface area (Å²) < 4.78 is 25.8. The average Bonchev–Trinajstić information content (AvgIpc) is 2.24. The van der Waals surface area contributed by atoms with Crippen molar-refractivity contribution in [3.05, 3.63) is 35.4 Å². The number of Topliss-reactive ketones (excluding diaryl/α,β-unsaturated/α-hetero) is 1. The zero-order valence-electron chi connectivity index (χ0n) is 10.0. The van der Waals surface area contributed by atoms with E-state index in [1.807, 2.05) is 0 Å². The van der Waals surface area contributed by atoms with Crippen molar-refractivity contribution in [2.24, 2.45) is 0 Å². The average molecular weight is 258 g/mol. The maximum absolute atomic E-state index is 12.9. The molecule has 0 saturated carbocycles. The van der Waals surface area contributed by atoms with Crippen LogP contribution in [0.3, 0.4) is 0 Å². The quantitative estimate of drug-likeness (QED) is 0.775. The first-order chi connectivity index (χ1) is 8.01. The lowest BCUT2D eigenvalue weighted by Gasteiger charge is -2.07. The molecule has 1 atom stereocenters. The molecular formula is C13H16F2OS. The van der Waals surface area contributed by atoms with Crippen LogP contribution in [0.25, 0.3) is 0 Å². The van der Waals surface area contributed by atoms with Crippen molar-refractivity contribution >= 4 is 17.5 Å². The first kappa shape index (κ1) is 14.2. The van der Waals surface area contributed by atoms with Gasteiger partial charge >= 0.3 is 0 Å². The number of carbonyl (C=O) groups is 1. The minimum absolute atomic E-state index is 0.000278. The van der Waals surface area contributed by atoms with E-state index in [9.17, 15) is 13.6 Å². The van der Waals surface area contributed by atoms with E-state index in [4.69, 9.17) is 0 Å². The highest BCUT2D eigenvalue weighted by atomic mass is 32.2. The Morgan fingerprint density at radius 2 is 1.88 bits per heavy atom. The van der Waals surface area contributed by atoms with Crippen LogP contribution in [0.15, 0.2) is 18.2 Å². The molecule has 1 aromatic carbocycles. The maximum Gasteiger partial charge on any atom is 0.147 e. The smallest absolute Gasteiger partial charge is 0.147 e. The molecule has 1 unspecified atom stereocenters. The van der Waals surface area contributed by atoms with Crippen LogP contribution < -0.4 is 0 Å². The Morgan fingerprint density at radius 3 is 2.41 bits per heavy atom. The SMILES string of the molecule is CCC(C)SCC(=O)Cc1cc(F)cc(F)c1. The summed E-state index contributed by atoms with van der Waals surface area (Å²) >= 11 is 1.58. The summed E-state index contributed by atoms with van der Waals surface area (Å²) in [6, 6.07) is 3.21. The van der Waals surface area contributed by atoms with E-state index in [1.54, 1.807) is 11.8 Å². The minimum Gasteiger partial charge on any atom is -0.298 e. The molecule has 1 nitrogen and oxygen atoms in total. The van der Waals surface area contributed by atoms with Gasteiger partial charge in [0.05, 0.1) is 5.75 Å². The number of carbonyl (C=O) groups excluding carboxylic acids is 1. The van der Waals surface area contributed by atoms with Crippen molar-refractivity contribution in [2.45, 2.75) is 31.9 Å². The van der Waals surface area contributed by atoms with Crippen LogP contribution >= 0.6 is 11.8 Å². The third kappa shape index (κ3) is 5.31. The summed E-state index contributed by atoms with van der Waals surface area (Å²) in [7, 11) is 0. The van der Waals surface area contributed by atoms with Crippen LogP contribution in [0.1, 0.15) is 25.8 Å². The summed E-state index contributed by atoms with van der Waals surface area (Å²) in [6.07, 6.45) is 1.10. The van der Waals surface area contributed by atoms with Gasteiger partial charge in [0, 0.05) is 17.7 Å². The number of halogens is 2. The lowest BCUT2D eigenvalue weighted by atomic mass is 10.1. The van der Waals surface area contributed by atoms with E-state index >= 15 is 0 Å². The third-order valence-electron chi connectivity index (χ3n) is 2.43. The first-order valence-electron chi connectivity index (χ1n) is 5.59. The van der Waals surface area contributed by atoms with Crippen molar-refractivity contribution in [3.63, 3.8) is 0 Å². The van der Waals surface area contributed by atoms with Crippen LogP contribution in [-0.4, -0.2) is 16.8 Å². The van der Waals surface area contributed by atoms with E-state index in [0.717, 1.165) is 12.5 Å². The molecule has 1 aromatic rings. The van der Waals surface area contributed by atoms with Gasteiger partial charge in [-0.1, -0.05) is 13.8 Å². The Hall–Kier alpha value is -0.900. The highest BCUT2D eigenvalue weighted by Crippen LogP contribution is 2.15. The second kappa shape index (κ2) is 6.74. The second-order valence-corrected chi connectivity index (χ2v) is 5.45. The number of benzene rings is 1. The highest BCUT2D eigenvalue weighted by Gasteiger charge is 2.08. The van der Waals surface area contributed by atoms with E-state index in [1.165, 1.54) is 12.1 Å². The van der Waals surface area contributed by atoms with Gasteiger partial charge < -0.3 is 0 Å². The van der Waals surface area contributed by atoms with Crippen molar-refractivity contribution < 1.29 is 13.6 Å². The van der Waals surface area contributed by atoms with Gasteiger partial charge in [0.2, 0.25) is 0 Å². The molecule has 0 fully saturated rings. The molecule has 0 heterocycles. The molecule has 0 N–H and O–H groups in total.